The highest BCUT2D eigenvalue weighted by Gasteiger charge is 2.22. The van der Waals surface area contributed by atoms with E-state index in [0.29, 0.717) is 6.04 Å². The van der Waals surface area contributed by atoms with E-state index in [1.807, 2.05) is 11.7 Å². The van der Waals surface area contributed by atoms with Gasteiger partial charge in [0.05, 0.1) is 5.69 Å². The second-order valence-corrected chi connectivity index (χ2v) is 4.36. The van der Waals surface area contributed by atoms with Crippen LogP contribution in [0, 0.1) is 0 Å². The molecule has 4 heteroatoms. The van der Waals surface area contributed by atoms with Crippen LogP contribution in [0.1, 0.15) is 18.2 Å². The van der Waals surface area contributed by atoms with Crippen molar-refractivity contribution >= 4 is 0 Å². The van der Waals surface area contributed by atoms with Gasteiger partial charge in [0, 0.05) is 44.5 Å². The first kappa shape index (κ1) is 10.6. The van der Waals surface area contributed by atoms with Gasteiger partial charge in [-0.3, -0.25) is 9.58 Å². The molecule has 0 unspecified atom stereocenters. The Bertz CT molecular complexity index is 327. The Morgan fingerprint density at radius 2 is 2.33 bits per heavy atom. The summed E-state index contributed by atoms with van der Waals surface area (Å²) in [6.07, 6.45) is 3.16. The molecule has 0 saturated carbocycles. The Labute approximate surface area is 91.3 Å². The molecule has 1 aromatic rings. The first-order chi connectivity index (χ1) is 7.20. The molecule has 0 amide bonds. The number of likely N-dealkylation sites (N-methyl/N-ethyl adjacent to an activating group) is 1. The fourth-order valence-electron chi connectivity index (χ4n) is 2.00. The van der Waals surface area contributed by atoms with Crippen molar-refractivity contribution in [1.29, 1.82) is 0 Å². The van der Waals surface area contributed by atoms with Gasteiger partial charge in [-0.05, 0) is 13.5 Å². The van der Waals surface area contributed by atoms with Crippen LogP contribution in [0.3, 0.4) is 0 Å². The SMILES string of the molecule is CCc1nn(C)cc1CN(C)C1CNC1. The van der Waals surface area contributed by atoms with E-state index < -0.39 is 0 Å². The zero-order valence-corrected chi connectivity index (χ0v) is 9.82. The third-order valence-electron chi connectivity index (χ3n) is 3.13. The van der Waals surface area contributed by atoms with E-state index in [2.05, 4.69) is 35.5 Å². The topological polar surface area (TPSA) is 33.1 Å². The van der Waals surface area contributed by atoms with Crippen molar-refractivity contribution in [2.45, 2.75) is 25.9 Å². The summed E-state index contributed by atoms with van der Waals surface area (Å²) in [7, 11) is 4.19. The molecule has 0 aromatic carbocycles. The molecule has 1 fully saturated rings. The summed E-state index contributed by atoms with van der Waals surface area (Å²) >= 11 is 0. The predicted molar refractivity (Wildman–Crippen MR) is 60.7 cm³/mol. The van der Waals surface area contributed by atoms with Crippen LogP contribution >= 0.6 is 0 Å². The molecule has 84 valence electrons. The second kappa shape index (κ2) is 4.33. The minimum atomic E-state index is 0.704. The van der Waals surface area contributed by atoms with Crippen molar-refractivity contribution in [2.75, 3.05) is 20.1 Å². The maximum Gasteiger partial charge on any atom is 0.0666 e. The molecule has 1 N–H and O–H groups in total. The predicted octanol–water partition coefficient (Wildman–Crippen LogP) is 0.386. The lowest BCUT2D eigenvalue weighted by molar-refractivity contribution is 0.172. The van der Waals surface area contributed by atoms with Gasteiger partial charge in [0.2, 0.25) is 0 Å². The minimum absolute atomic E-state index is 0.704. The van der Waals surface area contributed by atoms with Gasteiger partial charge in [-0.25, -0.2) is 0 Å². The highest BCUT2D eigenvalue weighted by Crippen LogP contribution is 2.12. The van der Waals surface area contributed by atoms with Crippen molar-refractivity contribution in [3.05, 3.63) is 17.5 Å². The number of aryl methyl sites for hydroxylation is 2. The number of nitrogens with zero attached hydrogens (tertiary/aromatic N) is 3. The molecule has 2 heterocycles. The Kier molecular flexibility index (Phi) is 3.07. The zero-order valence-electron chi connectivity index (χ0n) is 9.82. The molecule has 0 spiro atoms. The average molecular weight is 208 g/mol. The van der Waals surface area contributed by atoms with Gasteiger partial charge in [0.1, 0.15) is 0 Å². The summed E-state index contributed by atoms with van der Waals surface area (Å²) < 4.78 is 1.92. The normalized spacial score (nSPS) is 17.1. The van der Waals surface area contributed by atoms with Gasteiger partial charge < -0.3 is 5.32 Å². The molecule has 0 bridgehead atoms. The summed E-state index contributed by atoms with van der Waals surface area (Å²) in [6, 6.07) is 0.704. The monoisotopic (exact) mass is 208 g/mol. The Morgan fingerprint density at radius 1 is 1.60 bits per heavy atom. The molecule has 0 aliphatic carbocycles. The molecule has 4 nitrogen and oxygen atoms in total. The molecule has 1 aliphatic heterocycles. The van der Waals surface area contributed by atoms with Crippen LogP contribution in [-0.4, -0.2) is 40.9 Å². The van der Waals surface area contributed by atoms with Crippen LogP contribution in [0.5, 0.6) is 0 Å². The van der Waals surface area contributed by atoms with Crippen molar-refractivity contribution in [1.82, 2.24) is 20.0 Å². The molecule has 0 atom stereocenters. The van der Waals surface area contributed by atoms with Gasteiger partial charge in [-0.15, -0.1) is 0 Å². The minimum Gasteiger partial charge on any atom is -0.314 e. The number of nitrogens with one attached hydrogen (secondary N) is 1. The first-order valence-electron chi connectivity index (χ1n) is 5.63. The Morgan fingerprint density at radius 3 is 2.87 bits per heavy atom. The quantitative estimate of drug-likeness (QED) is 0.777. The van der Waals surface area contributed by atoms with Crippen LogP contribution in [0.15, 0.2) is 6.20 Å². The number of rotatable bonds is 4. The van der Waals surface area contributed by atoms with Crippen LogP contribution in [0.4, 0.5) is 0 Å². The molecule has 1 saturated heterocycles. The third kappa shape index (κ3) is 2.21. The summed E-state index contributed by atoms with van der Waals surface area (Å²) in [5.41, 5.74) is 2.60. The molecule has 1 aromatic heterocycles. The second-order valence-electron chi connectivity index (χ2n) is 4.36. The lowest BCUT2D eigenvalue weighted by Gasteiger charge is -2.35. The zero-order chi connectivity index (χ0) is 10.8. The van der Waals surface area contributed by atoms with Crippen molar-refractivity contribution in [2.24, 2.45) is 7.05 Å². The van der Waals surface area contributed by atoms with E-state index in [4.69, 9.17) is 0 Å². The van der Waals surface area contributed by atoms with E-state index in [1.165, 1.54) is 11.3 Å². The molecule has 2 rings (SSSR count). The van der Waals surface area contributed by atoms with Gasteiger partial charge in [-0.2, -0.15) is 5.10 Å². The molecule has 15 heavy (non-hydrogen) atoms. The summed E-state index contributed by atoms with van der Waals surface area (Å²) in [5.74, 6) is 0. The summed E-state index contributed by atoms with van der Waals surface area (Å²) in [6.45, 7) is 5.43. The third-order valence-corrected chi connectivity index (χ3v) is 3.13. The standard InChI is InChI=1S/C11H20N4/c1-4-11-9(8-15(3)13-11)7-14(2)10-5-12-6-10/h8,10,12H,4-7H2,1-3H3. The highest BCUT2D eigenvalue weighted by molar-refractivity contribution is 5.17. The van der Waals surface area contributed by atoms with Gasteiger partial charge >= 0.3 is 0 Å². The largest absolute Gasteiger partial charge is 0.314 e. The average Bonchev–Trinajstić information content (AvgIpc) is 2.42. The molecule has 1 aliphatic rings. The lowest BCUT2D eigenvalue weighted by atomic mass is 10.1. The number of hydrogen-bond donors (Lipinski definition) is 1. The van der Waals surface area contributed by atoms with Crippen LogP contribution in [0.25, 0.3) is 0 Å². The van der Waals surface area contributed by atoms with E-state index >= 15 is 0 Å². The fourth-order valence-corrected chi connectivity index (χ4v) is 2.00. The summed E-state index contributed by atoms with van der Waals surface area (Å²) in [5, 5.41) is 7.76. The van der Waals surface area contributed by atoms with Gasteiger partial charge in [0.25, 0.3) is 0 Å². The van der Waals surface area contributed by atoms with Gasteiger partial charge in [0.15, 0.2) is 0 Å². The van der Waals surface area contributed by atoms with Crippen molar-refractivity contribution < 1.29 is 0 Å². The Balaban J connectivity index is 2.01. The van der Waals surface area contributed by atoms with Crippen LogP contribution < -0.4 is 5.32 Å². The van der Waals surface area contributed by atoms with E-state index in [1.54, 1.807) is 0 Å². The van der Waals surface area contributed by atoms with Crippen LogP contribution in [0.2, 0.25) is 0 Å². The maximum atomic E-state index is 4.46. The molecular formula is C11H20N4. The van der Waals surface area contributed by atoms with E-state index in [0.717, 1.165) is 26.1 Å². The maximum absolute atomic E-state index is 4.46. The molecule has 0 radical (unpaired) electrons. The fraction of sp³-hybridized carbons (Fsp3) is 0.727. The Hall–Kier alpha value is -0.870. The van der Waals surface area contributed by atoms with Gasteiger partial charge in [-0.1, -0.05) is 6.92 Å². The number of aromatic nitrogens is 2. The van der Waals surface area contributed by atoms with E-state index in [9.17, 15) is 0 Å². The smallest absolute Gasteiger partial charge is 0.0666 e. The lowest BCUT2D eigenvalue weighted by Crippen LogP contribution is -2.55. The summed E-state index contributed by atoms with van der Waals surface area (Å²) in [4.78, 5) is 2.41. The van der Waals surface area contributed by atoms with Crippen molar-refractivity contribution in [3.8, 4) is 0 Å². The van der Waals surface area contributed by atoms with Crippen LogP contribution in [-0.2, 0) is 20.0 Å². The molecular weight excluding hydrogens is 188 g/mol. The number of hydrogen-bond acceptors (Lipinski definition) is 3. The van der Waals surface area contributed by atoms with E-state index in [-0.39, 0.29) is 0 Å². The van der Waals surface area contributed by atoms with Crippen molar-refractivity contribution in [3.63, 3.8) is 0 Å². The highest BCUT2D eigenvalue weighted by atomic mass is 15.3. The first-order valence-corrected chi connectivity index (χ1v) is 5.63.